The van der Waals surface area contributed by atoms with Crippen LogP contribution in [0.3, 0.4) is 0 Å². The van der Waals surface area contributed by atoms with Gasteiger partial charge >= 0.3 is 5.97 Å². The lowest BCUT2D eigenvalue weighted by Crippen LogP contribution is -2.06. The van der Waals surface area contributed by atoms with Crippen molar-refractivity contribution in [2.75, 3.05) is 13.2 Å². The highest BCUT2D eigenvalue weighted by atomic mass is 16.5. The molecule has 0 heterocycles. The summed E-state index contributed by atoms with van der Waals surface area (Å²) in [5, 5.41) is 9.39. The molecule has 0 fully saturated rings. The summed E-state index contributed by atoms with van der Waals surface area (Å²) in [7, 11) is 0. The number of ether oxygens (including phenoxy) is 2. The number of unbranched alkanes of at least 4 members (excludes halogenated alkanes) is 12. The van der Waals surface area contributed by atoms with Gasteiger partial charge in [-0.05, 0) is 25.0 Å². The first-order valence-electron chi connectivity index (χ1n) is 11.8. The topological polar surface area (TPSA) is 55.8 Å². The van der Waals surface area contributed by atoms with Gasteiger partial charge in [0.2, 0.25) is 0 Å². The lowest BCUT2D eigenvalue weighted by Gasteiger charge is -2.12. The fourth-order valence-corrected chi connectivity index (χ4v) is 3.38. The molecule has 0 aromatic heterocycles. The number of hydrogen-bond donors (Lipinski definition) is 1. The van der Waals surface area contributed by atoms with Gasteiger partial charge in [-0.2, -0.15) is 0 Å². The van der Waals surface area contributed by atoms with Gasteiger partial charge in [0.25, 0.3) is 0 Å². The van der Waals surface area contributed by atoms with Gasteiger partial charge in [-0.15, -0.1) is 0 Å². The van der Waals surface area contributed by atoms with Gasteiger partial charge in [0, 0.05) is 6.07 Å². The minimum Gasteiger partial charge on any atom is -0.493 e. The molecule has 1 rings (SSSR count). The number of rotatable bonds is 19. The zero-order chi connectivity index (χ0) is 21.2. The molecular formula is C25H42O4. The highest BCUT2D eigenvalue weighted by molar-refractivity contribution is 5.91. The molecule has 0 unspecified atom stereocenters. The van der Waals surface area contributed by atoms with Gasteiger partial charge in [0.15, 0.2) is 0 Å². The van der Waals surface area contributed by atoms with Crippen molar-refractivity contribution in [1.29, 1.82) is 0 Å². The van der Waals surface area contributed by atoms with E-state index < -0.39 is 5.97 Å². The van der Waals surface area contributed by atoms with Crippen molar-refractivity contribution in [2.24, 2.45) is 0 Å². The third-order valence-corrected chi connectivity index (χ3v) is 5.21. The number of carboxylic acids is 1. The maximum absolute atomic E-state index is 11.5. The molecule has 1 N–H and O–H groups in total. The number of carbonyl (C=O) groups is 1. The van der Waals surface area contributed by atoms with E-state index in [0.717, 1.165) is 19.3 Å². The van der Waals surface area contributed by atoms with E-state index >= 15 is 0 Å². The summed E-state index contributed by atoms with van der Waals surface area (Å²) in [4.78, 5) is 11.5. The molecule has 0 atom stereocenters. The number of aromatic carboxylic acids is 1. The summed E-state index contributed by atoms with van der Waals surface area (Å²) in [6, 6.07) is 5.04. The smallest absolute Gasteiger partial charge is 0.339 e. The van der Waals surface area contributed by atoms with Crippen molar-refractivity contribution in [3.8, 4) is 11.5 Å². The second kappa shape index (κ2) is 17.2. The summed E-state index contributed by atoms with van der Waals surface area (Å²) in [5.74, 6) is 0.147. The number of benzene rings is 1. The van der Waals surface area contributed by atoms with Crippen LogP contribution in [0.15, 0.2) is 18.2 Å². The second-order valence-electron chi connectivity index (χ2n) is 7.90. The highest BCUT2D eigenvalue weighted by Crippen LogP contribution is 2.26. The largest absolute Gasteiger partial charge is 0.493 e. The highest BCUT2D eigenvalue weighted by Gasteiger charge is 2.12. The van der Waals surface area contributed by atoms with E-state index in [9.17, 15) is 9.90 Å². The van der Waals surface area contributed by atoms with E-state index in [4.69, 9.17) is 9.47 Å². The van der Waals surface area contributed by atoms with E-state index in [1.165, 1.54) is 70.6 Å². The number of hydrogen-bond acceptors (Lipinski definition) is 3. The molecule has 166 valence electrons. The standard InChI is InChI=1S/C25H42O4/c1-3-5-7-9-11-13-15-19-28-22-17-18-23(25(26)27)24(21-22)29-20-16-14-12-10-8-6-4-2/h17-18,21H,3-16,19-20H2,1-2H3,(H,26,27). The summed E-state index contributed by atoms with van der Waals surface area (Å²) in [6.07, 6.45) is 17.1. The Morgan fingerprint density at radius 1 is 0.724 bits per heavy atom. The molecule has 0 aliphatic heterocycles. The van der Waals surface area contributed by atoms with Gasteiger partial charge in [-0.1, -0.05) is 90.9 Å². The normalized spacial score (nSPS) is 10.8. The van der Waals surface area contributed by atoms with Crippen LogP contribution in [-0.4, -0.2) is 24.3 Å². The van der Waals surface area contributed by atoms with E-state index in [2.05, 4.69) is 13.8 Å². The Morgan fingerprint density at radius 3 is 1.72 bits per heavy atom. The molecule has 0 spiro atoms. The summed E-state index contributed by atoms with van der Waals surface area (Å²) in [6.45, 7) is 5.67. The fourth-order valence-electron chi connectivity index (χ4n) is 3.38. The fraction of sp³-hybridized carbons (Fsp3) is 0.720. The van der Waals surface area contributed by atoms with E-state index in [1.807, 2.05) is 0 Å². The van der Waals surface area contributed by atoms with E-state index in [1.54, 1.807) is 18.2 Å². The van der Waals surface area contributed by atoms with Crippen LogP contribution in [-0.2, 0) is 0 Å². The number of carboxylic acid groups (broad SMARTS) is 1. The maximum atomic E-state index is 11.5. The Labute approximate surface area is 178 Å². The van der Waals surface area contributed by atoms with Crippen LogP contribution in [0, 0.1) is 0 Å². The maximum Gasteiger partial charge on any atom is 0.339 e. The van der Waals surface area contributed by atoms with Gasteiger partial charge in [-0.3, -0.25) is 0 Å². The third kappa shape index (κ3) is 12.5. The predicted octanol–water partition coefficient (Wildman–Crippen LogP) is 7.64. The Hall–Kier alpha value is -1.71. The monoisotopic (exact) mass is 406 g/mol. The molecule has 0 aliphatic carbocycles. The predicted molar refractivity (Wildman–Crippen MR) is 120 cm³/mol. The first-order valence-corrected chi connectivity index (χ1v) is 11.8. The van der Waals surface area contributed by atoms with Gasteiger partial charge in [0.1, 0.15) is 17.1 Å². The molecule has 0 amide bonds. The molecule has 4 nitrogen and oxygen atoms in total. The zero-order valence-corrected chi connectivity index (χ0v) is 18.7. The molecule has 1 aromatic rings. The lowest BCUT2D eigenvalue weighted by molar-refractivity contribution is 0.0692. The summed E-state index contributed by atoms with van der Waals surface area (Å²) in [5.41, 5.74) is 0.205. The molecule has 0 aliphatic rings. The molecule has 0 saturated heterocycles. The minimum atomic E-state index is -0.960. The zero-order valence-electron chi connectivity index (χ0n) is 18.7. The molecule has 0 radical (unpaired) electrons. The summed E-state index contributed by atoms with van der Waals surface area (Å²) >= 11 is 0. The van der Waals surface area contributed by atoms with Crippen molar-refractivity contribution in [3.05, 3.63) is 23.8 Å². The Morgan fingerprint density at radius 2 is 1.21 bits per heavy atom. The van der Waals surface area contributed by atoms with Crippen LogP contribution >= 0.6 is 0 Å². The average molecular weight is 407 g/mol. The van der Waals surface area contributed by atoms with Gasteiger partial charge < -0.3 is 14.6 Å². The van der Waals surface area contributed by atoms with Crippen LogP contribution in [0.5, 0.6) is 11.5 Å². The Balaban J connectivity index is 2.32. The average Bonchev–Trinajstić information content (AvgIpc) is 2.72. The molecule has 1 aromatic carbocycles. The first-order chi connectivity index (χ1) is 14.2. The Bertz CT molecular complexity index is 542. The van der Waals surface area contributed by atoms with Crippen LogP contribution in [0.4, 0.5) is 0 Å². The molecule has 4 heteroatoms. The van der Waals surface area contributed by atoms with E-state index in [0.29, 0.717) is 24.7 Å². The Kier molecular flexibility index (Phi) is 15.0. The SMILES string of the molecule is CCCCCCCCCOc1ccc(C(=O)O)c(OCCCCCCCCC)c1. The van der Waals surface area contributed by atoms with Crippen molar-refractivity contribution >= 4 is 5.97 Å². The van der Waals surface area contributed by atoms with Crippen molar-refractivity contribution in [1.82, 2.24) is 0 Å². The van der Waals surface area contributed by atoms with Crippen LogP contribution in [0.1, 0.15) is 114 Å². The molecule has 29 heavy (non-hydrogen) atoms. The molecular weight excluding hydrogens is 364 g/mol. The molecule has 0 saturated carbocycles. The lowest BCUT2D eigenvalue weighted by atomic mass is 10.1. The van der Waals surface area contributed by atoms with Crippen molar-refractivity contribution < 1.29 is 19.4 Å². The van der Waals surface area contributed by atoms with E-state index in [-0.39, 0.29) is 5.56 Å². The van der Waals surface area contributed by atoms with Gasteiger partial charge in [0.05, 0.1) is 13.2 Å². The quantitative estimate of drug-likeness (QED) is 0.240. The third-order valence-electron chi connectivity index (χ3n) is 5.21. The first kappa shape index (κ1) is 25.3. The van der Waals surface area contributed by atoms with Crippen molar-refractivity contribution in [2.45, 2.75) is 104 Å². The van der Waals surface area contributed by atoms with Crippen LogP contribution in [0.25, 0.3) is 0 Å². The van der Waals surface area contributed by atoms with Crippen LogP contribution in [0.2, 0.25) is 0 Å². The minimum absolute atomic E-state index is 0.205. The summed E-state index contributed by atoms with van der Waals surface area (Å²) < 4.78 is 11.6. The van der Waals surface area contributed by atoms with Crippen LogP contribution < -0.4 is 9.47 Å². The second-order valence-corrected chi connectivity index (χ2v) is 7.90. The molecule has 0 bridgehead atoms. The van der Waals surface area contributed by atoms with Crippen molar-refractivity contribution in [3.63, 3.8) is 0 Å². The van der Waals surface area contributed by atoms with Gasteiger partial charge in [-0.25, -0.2) is 4.79 Å².